The summed E-state index contributed by atoms with van der Waals surface area (Å²) in [5.41, 5.74) is 6.62. The van der Waals surface area contributed by atoms with E-state index in [1.165, 1.54) is 18.3 Å². The fourth-order valence-electron chi connectivity index (χ4n) is 2.44. The molecule has 0 radical (unpaired) electrons. The number of aromatic hydroxyl groups is 1. The van der Waals surface area contributed by atoms with Gasteiger partial charge in [0.25, 0.3) is 5.91 Å². The van der Waals surface area contributed by atoms with Gasteiger partial charge in [-0.1, -0.05) is 19.2 Å². The lowest BCUT2D eigenvalue weighted by Crippen LogP contribution is -2.15. The van der Waals surface area contributed by atoms with Gasteiger partial charge in [0.05, 0.1) is 11.3 Å². The maximum atomic E-state index is 11.6. The second-order valence-electron chi connectivity index (χ2n) is 5.55. The number of aromatic nitrogens is 3. The first-order valence-electron chi connectivity index (χ1n) is 7.93. The molecule has 1 aromatic carbocycles. The summed E-state index contributed by atoms with van der Waals surface area (Å²) in [7, 11) is 0. The van der Waals surface area contributed by atoms with Gasteiger partial charge in [0.1, 0.15) is 22.9 Å². The minimum Gasteiger partial charge on any atom is -0.505 e. The highest BCUT2D eigenvalue weighted by molar-refractivity contribution is 5.98. The summed E-state index contributed by atoms with van der Waals surface area (Å²) in [6.07, 6.45) is 4.37. The summed E-state index contributed by atoms with van der Waals surface area (Å²) in [6, 6.07) is 4.96. The number of para-hydroxylation sites is 1. The number of primary amides is 1. The van der Waals surface area contributed by atoms with Gasteiger partial charge >= 0.3 is 0 Å². The van der Waals surface area contributed by atoms with Crippen LogP contribution in [0.2, 0.25) is 0 Å². The zero-order chi connectivity index (χ0) is 19.6. The SMILES string of the molecule is C=Cc1nc(-c2cccc(Nc3nc(C)ncc3C(N)=O)c2O)oc1C=C. The number of phenols is 1. The second-order valence-corrected chi connectivity index (χ2v) is 5.55. The molecule has 136 valence electrons. The van der Waals surface area contributed by atoms with E-state index in [9.17, 15) is 9.90 Å². The van der Waals surface area contributed by atoms with Crippen molar-refractivity contribution in [3.63, 3.8) is 0 Å². The molecule has 27 heavy (non-hydrogen) atoms. The molecule has 0 aliphatic rings. The lowest BCUT2D eigenvalue weighted by molar-refractivity contribution is 0.100. The van der Waals surface area contributed by atoms with Gasteiger partial charge in [0, 0.05) is 6.20 Å². The van der Waals surface area contributed by atoms with Crippen LogP contribution in [0.1, 0.15) is 27.6 Å². The van der Waals surface area contributed by atoms with E-state index in [2.05, 4.69) is 33.4 Å². The molecular formula is C19H17N5O3. The maximum Gasteiger partial charge on any atom is 0.254 e. The molecule has 8 heteroatoms. The molecule has 3 aromatic rings. The van der Waals surface area contributed by atoms with E-state index in [-0.39, 0.29) is 23.0 Å². The summed E-state index contributed by atoms with van der Waals surface area (Å²) < 4.78 is 5.62. The number of aryl methyl sites for hydroxylation is 1. The first kappa shape index (κ1) is 17.9. The zero-order valence-corrected chi connectivity index (χ0v) is 14.6. The van der Waals surface area contributed by atoms with E-state index < -0.39 is 5.91 Å². The van der Waals surface area contributed by atoms with Crippen molar-refractivity contribution in [1.29, 1.82) is 0 Å². The smallest absolute Gasteiger partial charge is 0.254 e. The first-order chi connectivity index (χ1) is 12.9. The molecule has 0 aliphatic heterocycles. The van der Waals surface area contributed by atoms with Crippen LogP contribution >= 0.6 is 0 Å². The highest BCUT2D eigenvalue weighted by Gasteiger charge is 2.18. The number of benzene rings is 1. The van der Waals surface area contributed by atoms with Crippen molar-refractivity contribution in [3.05, 3.63) is 60.4 Å². The van der Waals surface area contributed by atoms with Crippen LogP contribution < -0.4 is 11.1 Å². The van der Waals surface area contributed by atoms with Gasteiger partial charge in [0.15, 0.2) is 11.5 Å². The lowest BCUT2D eigenvalue weighted by Gasteiger charge is -2.12. The largest absolute Gasteiger partial charge is 0.505 e. The summed E-state index contributed by atoms with van der Waals surface area (Å²) in [5.74, 6) is 0.462. The molecule has 0 spiro atoms. The standard InChI is InChI=1S/C19H17N5O3/c1-4-13-15(5-2)27-19(24-13)11-7-6-8-14(16(11)25)23-18-12(17(20)26)9-21-10(3)22-18/h4-9,25H,1-2H2,3H3,(H2,20,26)(H,21,22,23). The van der Waals surface area contributed by atoms with Crippen LogP contribution in [0.25, 0.3) is 23.6 Å². The summed E-state index contributed by atoms with van der Waals surface area (Å²) in [6.45, 7) is 9.01. The number of hydrogen-bond acceptors (Lipinski definition) is 7. The van der Waals surface area contributed by atoms with Crippen molar-refractivity contribution in [3.8, 4) is 17.2 Å². The van der Waals surface area contributed by atoms with Crippen molar-refractivity contribution in [2.24, 2.45) is 5.73 Å². The molecule has 0 fully saturated rings. The lowest BCUT2D eigenvalue weighted by atomic mass is 10.1. The summed E-state index contributed by atoms with van der Waals surface area (Å²) in [4.78, 5) is 24.0. The quantitative estimate of drug-likeness (QED) is 0.573. The van der Waals surface area contributed by atoms with E-state index in [4.69, 9.17) is 10.2 Å². The average molecular weight is 363 g/mol. The minimum atomic E-state index is -0.688. The molecule has 0 atom stereocenters. The third kappa shape index (κ3) is 3.40. The van der Waals surface area contributed by atoms with Crippen LogP contribution in [0.15, 0.2) is 42.0 Å². The third-order valence-corrected chi connectivity index (χ3v) is 3.75. The number of rotatable bonds is 6. The molecular weight excluding hydrogens is 346 g/mol. The van der Waals surface area contributed by atoms with Crippen molar-refractivity contribution < 1.29 is 14.3 Å². The maximum absolute atomic E-state index is 11.6. The Labute approximate surface area is 155 Å². The molecule has 8 nitrogen and oxygen atoms in total. The molecule has 3 rings (SSSR count). The van der Waals surface area contributed by atoms with Crippen LogP contribution in [0.3, 0.4) is 0 Å². The molecule has 0 unspecified atom stereocenters. The minimum absolute atomic E-state index is 0.101. The predicted molar refractivity (Wildman–Crippen MR) is 102 cm³/mol. The zero-order valence-electron chi connectivity index (χ0n) is 14.6. The van der Waals surface area contributed by atoms with Gasteiger partial charge in [-0.25, -0.2) is 15.0 Å². The predicted octanol–water partition coefficient (Wildman–Crippen LogP) is 3.27. The number of hydrogen-bond donors (Lipinski definition) is 3. The fraction of sp³-hybridized carbons (Fsp3) is 0.0526. The Bertz CT molecular complexity index is 1030. The van der Waals surface area contributed by atoms with E-state index >= 15 is 0 Å². The Balaban J connectivity index is 2.05. The van der Waals surface area contributed by atoms with Crippen LogP contribution in [0.5, 0.6) is 5.75 Å². The molecule has 2 aromatic heterocycles. The van der Waals surface area contributed by atoms with E-state index in [1.54, 1.807) is 25.1 Å². The van der Waals surface area contributed by atoms with Crippen LogP contribution in [0, 0.1) is 6.92 Å². The van der Waals surface area contributed by atoms with E-state index in [0.29, 0.717) is 28.5 Å². The Morgan fingerprint density at radius 1 is 1.30 bits per heavy atom. The molecule has 0 bridgehead atoms. The molecule has 1 amide bonds. The number of anilines is 2. The molecule has 4 N–H and O–H groups in total. The van der Waals surface area contributed by atoms with Gasteiger partial charge in [-0.3, -0.25) is 4.79 Å². The normalized spacial score (nSPS) is 10.4. The molecule has 0 saturated heterocycles. The highest BCUT2D eigenvalue weighted by atomic mass is 16.4. The van der Waals surface area contributed by atoms with Gasteiger partial charge in [0.2, 0.25) is 5.89 Å². The van der Waals surface area contributed by atoms with Gasteiger partial charge < -0.3 is 20.6 Å². The first-order valence-corrected chi connectivity index (χ1v) is 7.93. The van der Waals surface area contributed by atoms with Crippen molar-refractivity contribution in [1.82, 2.24) is 15.0 Å². The molecule has 2 heterocycles. The number of amides is 1. The van der Waals surface area contributed by atoms with Crippen molar-refractivity contribution in [2.75, 3.05) is 5.32 Å². The number of oxazole rings is 1. The highest BCUT2D eigenvalue weighted by Crippen LogP contribution is 2.37. The van der Waals surface area contributed by atoms with E-state index in [1.807, 2.05) is 0 Å². The Morgan fingerprint density at radius 3 is 2.70 bits per heavy atom. The van der Waals surface area contributed by atoms with Crippen molar-refractivity contribution >= 4 is 29.6 Å². The van der Waals surface area contributed by atoms with Crippen molar-refractivity contribution in [2.45, 2.75) is 6.92 Å². The average Bonchev–Trinajstić information content (AvgIpc) is 3.06. The fourth-order valence-corrected chi connectivity index (χ4v) is 2.44. The van der Waals surface area contributed by atoms with Gasteiger partial charge in [-0.15, -0.1) is 0 Å². The monoisotopic (exact) mass is 363 g/mol. The van der Waals surface area contributed by atoms with Gasteiger partial charge in [-0.2, -0.15) is 0 Å². The number of carbonyl (C=O) groups is 1. The topological polar surface area (TPSA) is 127 Å². The second kappa shape index (κ2) is 7.12. The van der Waals surface area contributed by atoms with Crippen LogP contribution in [-0.4, -0.2) is 26.0 Å². The van der Waals surface area contributed by atoms with E-state index in [0.717, 1.165) is 0 Å². The summed E-state index contributed by atoms with van der Waals surface area (Å²) in [5, 5.41) is 13.6. The molecule has 0 saturated carbocycles. The van der Waals surface area contributed by atoms with Gasteiger partial charge in [-0.05, 0) is 31.2 Å². The number of phenolic OH excluding ortho intramolecular Hbond substituents is 1. The molecule has 0 aliphatic carbocycles. The Morgan fingerprint density at radius 2 is 2.07 bits per heavy atom. The number of nitrogens with one attached hydrogen (secondary N) is 1. The number of carbonyl (C=O) groups excluding carboxylic acids is 1. The van der Waals surface area contributed by atoms with Crippen LogP contribution in [0.4, 0.5) is 11.5 Å². The summed E-state index contributed by atoms with van der Waals surface area (Å²) >= 11 is 0. The Kier molecular flexibility index (Phi) is 4.71. The Hall–Kier alpha value is -3.94. The van der Waals surface area contributed by atoms with Crippen LogP contribution in [-0.2, 0) is 0 Å². The third-order valence-electron chi connectivity index (χ3n) is 3.75. The number of nitrogens with two attached hydrogens (primary N) is 1. The number of nitrogens with zero attached hydrogens (tertiary/aromatic N) is 3.